The van der Waals surface area contributed by atoms with Gasteiger partial charge in [0.15, 0.2) is 0 Å². The van der Waals surface area contributed by atoms with Crippen LogP contribution in [0.25, 0.3) is 0 Å². The van der Waals surface area contributed by atoms with Gasteiger partial charge in [-0.1, -0.05) is 36.4 Å². The molecule has 0 saturated carbocycles. The van der Waals surface area contributed by atoms with Crippen molar-refractivity contribution in [1.29, 1.82) is 0 Å². The number of nitrogens with one attached hydrogen (secondary N) is 2. The van der Waals surface area contributed by atoms with Crippen LogP contribution in [0.3, 0.4) is 0 Å². The molecule has 0 spiro atoms. The summed E-state index contributed by atoms with van der Waals surface area (Å²) >= 11 is 0. The Labute approximate surface area is 164 Å². The lowest BCUT2D eigenvalue weighted by Crippen LogP contribution is -2.43. The summed E-state index contributed by atoms with van der Waals surface area (Å²) in [5.41, 5.74) is 1.58. The number of aliphatic carboxylic acids is 1. The molecule has 0 bridgehead atoms. The van der Waals surface area contributed by atoms with Gasteiger partial charge in [-0.25, -0.2) is 9.59 Å². The summed E-state index contributed by atoms with van der Waals surface area (Å²) in [6.07, 6.45) is 0.202. The van der Waals surface area contributed by atoms with Gasteiger partial charge in [0.1, 0.15) is 6.04 Å². The molecular weight excluding hydrogens is 358 g/mol. The van der Waals surface area contributed by atoms with Crippen molar-refractivity contribution in [2.45, 2.75) is 32.4 Å². The van der Waals surface area contributed by atoms with Gasteiger partial charge in [-0.15, -0.1) is 0 Å². The first-order chi connectivity index (χ1) is 13.3. The number of likely N-dealkylation sites (N-methyl/N-ethyl adjacent to an activating group) is 1. The Hall–Kier alpha value is -3.35. The molecule has 2 aromatic rings. The molecule has 0 aliphatic heterocycles. The topological polar surface area (TPSA) is 98.7 Å². The summed E-state index contributed by atoms with van der Waals surface area (Å²) in [7, 11) is 1.47. The lowest BCUT2D eigenvalue weighted by atomic mass is 10.0. The molecule has 0 radical (unpaired) electrons. The van der Waals surface area contributed by atoms with E-state index in [1.807, 2.05) is 44.2 Å². The zero-order valence-corrected chi connectivity index (χ0v) is 16.2. The Morgan fingerprint density at radius 1 is 1.04 bits per heavy atom. The number of carboxylic acid groups (broad SMARTS) is 1. The summed E-state index contributed by atoms with van der Waals surface area (Å²) in [6.45, 7) is 3.68. The molecule has 3 N–H and O–H groups in total. The molecule has 0 heterocycles. The maximum atomic E-state index is 12.8. The van der Waals surface area contributed by atoms with Gasteiger partial charge in [-0.3, -0.25) is 4.79 Å². The molecule has 7 nitrogen and oxygen atoms in total. The highest BCUT2D eigenvalue weighted by Crippen LogP contribution is 2.16. The number of nitrogens with zero attached hydrogens (tertiary/aromatic N) is 1. The number of anilines is 1. The van der Waals surface area contributed by atoms with Crippen LogP contribution in [0.4, 0.5) is 10.5 Å². The van der Waals surface area contributed by atoms with Gasteiger partial charge in [0, 0.05) is 30.8 Å². The highest BCUT2D eigenvalue weighted by molar-refractivity contribution is 5.98. The van der Waals surface area contributed by atoms with Crippen molar-refractivity contribution < 1.29 is 19.5 Å². The third-order valence-corrected chi connectivity index (χ3v) is 4.13. The number of carboxylic acids is 1. The Morgan fingerprint density at radius 3 is 2.32 bits per heavy atom. The van der Waals surface area contributed by atoms with E-state index < -0.39 is 17.9 Å². The SMILES string of the molecule is CC(C)NC(=O)Nc1cccc(C(=O)N(C)C(Cc2ccccc2)C(=O)O)c1. The van der Waals surface area contributed by atoms with Gasteiger partial charge >= 0.3 is 12.0 Å². The second-order valence-corrected chi connectivity index (χ2v) is 6.79. The minimum absolute atomic E-state index is 0.0229. The molecule has 0 saturated heterocycles. The van der Waals surface area contributed by atoms with Crippen LogP contribution in [0.1, 0.15) is 29.8 Å². The summed E-state index contributed by atoms with van der Waals surface area (Å²) in [5.74, 6) is -1.51. The molecule has 28 heavy (non-hydrogen) atoms. The predicted molar refractivity (Wildman–Crippen MR) is 107 cm³/mol. The zero-order valence-electron chi connectivity index (χ0n) is 16.2. The smallest absolute Gasteiger partial charge is 0.326 e. The summed E-state index contributed by atoms with van der Waals surface area (Å²) in [6, 6.07) is 14.2. The van der Waals surface area contributed by atoms with Gasteiger partial charge in [0.2, 0.25) is 0 Å². The Bertz CT molecular complexity index is 837. The monoisotopic (exact) mass is 383 g/mol. The van der Waals surface area contributed by atoms with E-state index in [-0.39, 0.29) is 18.5 Å². The van der Waals surface area contributed by atoms with Crippen molar-refractivity contribution >= 4 is 23.6 Å². The predicted octanol–water partition coefficient (Wildman–Crippen LogP) is 2.98. The van der Waals surface area contributed by atoms with Crippen LogP contribution in [0.15, 0.2) is 54.6 Å². The second-order valence-electron chi connectivity index (χ2n) is 6.79. The van der Waals surface area contributed by atoms with Gasteiger partial charge in [0.25, 0.3) is 5.91 Å². The fraction of sp³-hybridized carbons (Fsp3) is 0.286. The Balaban J connectivity index is 2.15. The van der Waals surface area contributed by atoms with E-state index in [0.29, 0.717) is 11.3 Å². The van der Waals surface area contributed by atoms with Crippen molar-refractivity contribution in [3.05, 3.63) is 65.7 Å². The van der Waals surface area contributed by atoms with E-state index in [4.69, 9.17) is 0 Å². The number of carbonyl (C=O) groups excluding carboxylic acids is 2. The molecule has 0 aliphatic rings. The number of amides is 3. The number of urea groups is 1. The molecule has 2 aromatic carbocycles. The lowest BCUT2D eigenvalue weighted by molar-refractivity contribution is -0.141. The molecule has 7 heteroatoms. The van der Waals surface area contributed by atoms with Crippen LogP contribution in [-0.2, 0) is 11.2 Å². The van der Waals surface area contributed by atoms with E-state index in [0.717, 1.165) is 5.56 Å². The van der Waals surface area contributed by atoms with E-state index >= 15 is 0 Å². The molecule has 148 valence electrons. The summed E-state index contributed by atoms with van der Waals surface area (Å²) in [5, 5.41) is 15.0. The third-order valence-electron chi connectivity index (χ3n) is 4.13. The molecule has 1 unspecified atom stereocenters. The first-order valence-corrected chi connectivity index (χ1v) is 8.99. The minimum Gasteiger partial charge on any atom is -0.480 e. The van der Waals surface area contributed by atoms with Crippen molar-refractivity contribution in [1.82, 2.24) is 10.2 Å². The van der Waals surface area contributed by atoms with Gasteiger partial charge in [-0.2, -0.15) is 0 Å². The lowest BCUT2D eigenvalue weighted by Gasteiger charge is -2.25. The highest BCUT2D eigenvalue weighted by atomic mass is 16.4. The van der Waals surface area contributed by atoms with Crippen LogP contribution >= 0.6 is 0 Å². The molecule has 0 aromatic heterocycles. The number of carbonyl (C=O) groups is 3. The Morgan fingerprint density at radius 2 is 1.71 bits per heavy atom. The average Bonchev–Trinajstić information content (AvgIpc) is 2.65. The largest absolute Gasteiger partial charge is 0.480 e. The quantitative estimate of drug-likeness (QED) is 0.684. The van der Waals surface area contributed by atoms with Crippen molar-refractivity contribution in [3.8, 4) is 0 Å². The van der Waals surface area contributed by atoms with E-state index in [1.165, 1.54) is 18.0 Å². The normalized spacial score (nSPS) is 11.6. The van der Waals surface area contributed by atoms with Crippen molar-refractivity contribution in [3.63, 3.8) is 0 Å². The maximum Gasteiger partial charge on any atom is 0.326 e. The van der Waals surface area contributed by atoms with E-state index in [1.54, 1.807) is 18.2 Å². The highest BCUT2D eigenvalue weighted by Gasteiger charge is 2.27. The van der Waals surface area contributed by atoms with Crippen LogP contribution in [0.5, 0.6) is 0 Å². The van der Waals surface area contributed by atoms with E-state index in [9.17, 15) is 19.5 Å². The van der Waals surface area contributed by atoms with Crippen LogP contribution in [0.2, 0.25) is 0 Å². The molecular formula is C21H25N3O4. The molecule has 0 aliphatic carbocycles. The van der Waals surface area contributed by atoms with Gasteiger partial charge in [-0.05, 0) is 37.6 Å². The van der Waals surface area contributed by atoms with Crippen LogP contribution in [0, 0.1) is 0 Å². The maximum absolute atomic E-state index is 12.8. The number of hydrogen-bond acceptors (Lipinski definition) is 3. The summed E-state index contributed by atoms with van der Waals surface area (Å²) in [4.78, 5) is 37.6. The fourth-order valence-corrected chi connectivity index (χ4v) is 2.73. The fourth-order valence-electron chi connectivity index (χ4n) is 2.73. The standard InChI is InChI=1S/C21H25N3O4/c1-14(2)22-21(28)23-17-11-7-10-16(13-17)19(25)24(3)18(20(26)27)12-15-8-5-4-6-9-15/h4-11,13-14,18H,12H2,1-3H3,(H,26,27)(H2,22,23,28). The zero-order chi connectivity index (χ0) is 20.7. The number of hydrogen-bond donors (Lipinski definition) is 3. The molecule has 2 rings (SSSR count). The van der Waals surface area contributed by atoms with Crippen LogP contribution < -0.4 is 10.6 Å². The second kappa shape index (κ2) is 9.55. The first kappa shape index (κ1) is 21.0. The Kier molecular flexibility index (Phi) is 7.14. The van der Waals surface area contributed by atoms with Crippen molar-refractivity contribution in [2.75, 3.05) is 12.4 Å². The average molecular weight is 383 g/mol. The number of benzene rings is 2. The summed E-state index contributed by atoms with van der Waals surface area (Å²) < 4.78 is 0. The van der Waals surface area contributed by atoms with Gasteiger partial charge in [0.05, 0.1) is 0 Å². The third kappa shape index (κ3) is 5.84. The minimum atomic E-state index is -1.08. The van der Waals surface area contributed by atoms with Crippen LogP contribution in [-0.4, -0.2) is 47.0 Å². The molecule has 3 amide bonds. The molecule has 0 fully saturated rings. The van der Waals surface area contributed by atoms with E-state index in [2.05, 4.69) is 10.6 Å². The molecule has 1 atom stereocenters. The van der Waals surface area contributed by atoms with Gasteiger partial charge < -0.3 is 20.6 Å². The van der Waals surface area contributed by atoms with Crippen molar-refractivity contribution in [2.24, 2.45) is 0 Å². The number of rotatable bonds is 7. The first-order valence-electron chi connectivity index (χ1n) is 8.99.